The van der Waals surface area contributed by atoms with Crippen LogP contribution in [0.3, 0.4) is 0 Å². The molecule has 2 nitrogen and oxygen atoms in total. The fourth-order valence-electron chi connectivity index (χ4n) is 1.96. The Morgan fingerprint density at radius 3 is 2.42 bits per heavy atom. The number of thiophene rings is 1. The number of hydrogen-bond acceptors (Lipinski definition) is 3. The first kappa shape index (κ1) is 14.0. The number of nitrogens with two attached hydrogens (primary N) is 1. The van der Waals surface area contributed by atoms with Crippen molar-refractivity contribution >= 4 is 34.2 Å². The van der Waals surface area contributed by atoms with Crippen molar-refractivity contribution in [2.24, 2.45) is 5.73 Å². The third kappa shape index (κ3) is 3.55. The van der Waals surface area contributed by atoms with E-state index in [0.717, 1.165) is 12.1 Å². The number of hydrogen-bond donors (Lipinski definition) is 1. The van der Waals surface area contributed by atoms with Crippen LogP contribution in [0.4, 0.5) is 5.69 Å². The maximum absolute atomic E-state index is 5.63. The van der Waals surface area contributed by atoms with Gasteiger partial charge >= 0.3 is 0 Å². The molecule has 4 heteroatoms. The van der Waals surface area contributed by atoms with Crippen LogP contribution in [0, 0.1) is 0 Å². The molecule has 0 saturated heterocycles. The van der Waals surface area contributed by atoms with Gasteiger partial charge in [-0.1, -0.05) is 18.3 Å². The van der Waals surface area contributed by atoms with Gasteiger partial charge in [-0.15, -0.1) is 11.3 Å². The maximum Gasteiger partial charge on any atom is 0.103 e. The van der Waals surface area contributed by atoms with Crippen LogP contribution in [0.1, 0.15) is 24.3 Å². The lowest BCUT2D eigenvalue weighted by Gasteiger charge is -2.28. The molecule has 0 aliphatic carbocycles. The van der Waals surface area contributed by atoms with Gasteiger partial charge in [-0.25, -0.2) is 0 Å². The number of thiocarbonyl (C=S) groups is 1. The molecule has 2 aromatic rings. The molecular formula is C15H18N2S2. The molecule has 0 fully saturated rings. The Balaban J connectivity index is 2.21. The van der Waals surface area contributed by atoms with Gasteiger partial charge in [-0.2, -0.15) is 0 Å². The van der Waals surface area contributed by atoms with Gasteiger partial charge in [0.1, 0.15) is 4.99 Å². The van der Waals surface area contributed by atoms with Gasteiger partial charge in [0.2, 0.25) is 0 Å². The standard InChI is InChI=1S/C15H18N2S2/c1-11(2)17(10-14-4-3-9-19-14)13-7-5-12(6-8-13)15(16)18/h3-9,11H,10H2,1-2H3,(H2,16,18). The zero-order valence-electron chi connectivity index (χ0n) is 11.2. The first-order valence-electron chi connectivity index (χ1n) is 6.27. The van der Waals surface area contributed by atoms with E-state index >= 15 is 0 Å². The highest BCUT2D eigenvalue weighted by atomic mass is 32.1. The van der Waals surface area contributed by atoms with E-state index in [1.165, 1.54) is 10.6 Å². The molecule has 1 heterocycles. The highest BCUT2D eigenvalue weighted by Gasteiger charge is 2.12. The van der Waals surface area contributed by atoms with E-state index in [9.17, 15) is 0 Å². The Morgan fingerprint density at radius 2 is 1.95 bits per heavy atom. The lowest BCUT2D eigenvalue weighted by molar-refractivity contribution is 0.687. The van der Waals surface area contributed by atoms with Gasteiger partial charge in [0, 0.05) is 22.2 Å². The molecule has 2 N–H and O–H groups in total. The van der Waals surface area contributed by atoms with Crippen LogP contribution >= 0.6 is 23.6 Å². The summed E-state index contributed by atoms with van der Waals surface area (Å²) < 4.78 is 0. The number of nitrogens with zero attached hydrogens (tertiary/aromatic N) is 1. The molecule has 0 unspecified atom stereocenters. The van der Waals surface area contributed by atoms with Crippen molar-refractivity contribution in [1.29, 1.82) is 0 Å². The van der Waals surface area contributed by atoms with Crippen LogP contribution in [0.2, 0.25) is 0 Å². The van der Waals surface area contributed by atoms with Gasteiger partial charge in [0.15, 0.2) is 0 Å². The Morgan fingerprint density at radius 1 is 1.26 bits per heavy atom. The molecule has 0 bridgehead atoms. The summed E-state index contributed by atoms with van der Waals surface area (Å²) in [4.78, 5) is 4.18. The van der Waals surface area contributed by atoms with Crippen LogP contribution in [0.25, 0.3) is 0 Å². The van der Waals surface area contributed by atoms with Crippen LogP contribution < -0.4 is 10.6 Å². The Labute approximate surface area is 123 Å². The van der Waals surface area contributed by atoms with E-state index < -0.39 is 0 Å². The van der Waals surface area contributed by atoms with Crippen LogP contribution in [0.5, 0.6) is 0 Å². The summed E-state index contributed by atoms with van der Waals surface area (Å²) >= 11 is 6.77. The van der Waals surface area contributed by atoms with E-state index in [1.54, 1.807) is 11.3 Å². The monoisotopic (exact) mass is 290 g/mol. The molecule has 0 amide bonds. The normalized spacial score (nSPS) is 10.7. The lowest BCUT2D eigenvalue weighted by Crippen LogP contribution is -2.29. The summed E-state index contributed by atoms with van der Waals surface area (Å²) in [6, 6.07) is 12.9. The van der Waals surface area contributed by atoms with E-state index in [2.05, 4.69) is 48.4 Å². The van der Waals surface area contributed by atoms with Crippen molar-refractivity contribution in [3.63, 3.8) is 0 Å². The van der Waals surface area contributed by atoms with Crippen molar-refractivity contribution in [2.75, 3.05) is 4.90 Å². The minimum absolute atomic E-state index is 0.442. The largest absolute Gasteiger partial charge is 0.389 e. The molecule has 1 aromatic carbocycles. The third-order valence-electron chi connectivity index (χ3n) is 3.01. The van der Waals surface area contributed by atoms with Crippen LogP contribution in [-0.2, 0) is 6.54 Å². The van der Waals surface area contributed by atoms with Crippen molar-refractivity contribution in [3.8, 4) is 0 Å². The van der Waals surface area contributed by atoms with Crippen molar-refractivity contribution < 1.29 is 0 Å². The van der Waals surface area contributed by atoms with Crippen LogP contribution in [0.15, 0.2) is 41.8 Å². The average Bonchev–Trinajstić information content (AvgIpc) is 2.88. The molecule has 19 heavy (non-hydrogen) atoms. The summed E-state index contributed by atoms with van der Waals surface area (Å²) in [5, 5.41) is 2.11. The summed E-state index contributed by atoms with van der Waals surface area (Å²) in [5.41, 5.74) is 7.74. The number of anilines is 1. The van der Waals surface area contributed by atoms with Crippen molar-refractivity contribution in [3.05, 3.63) is 52.2 Å². The van der Waals surface area contributed by atoms with Gasteiger partial charge in [0.25, 0.3) is 0 Å². The van der Waals surface area contributed by atoms with Gasteiger partial charge in [-0.05, 0) is 49.6 Å². The summed E-state index contributed by atoms with van der Waals surface area (Å²) in [6.45, 7) is 5.34. The zero-order valence-corrected chi connectivity index (χ0v) is 12.8. The second-order valence-electron chi connectivity index (χ2n) is 4.71. The SMILES string of the molecule is CC(C)N(Cc1cccs1)c1ccc(C(N)=S)cc1. The minimum atomic E-state index is 0.442. The number of benzene rings is 1. The zero-order chi connectivity index (χ0) is 13.8. The van der Waals surface area contributed by atoms with E-state index in [0.29, 0.717) is 11.0 Å². The van der Waals surface area contributed by atoms with Gasteiger partial charge in [-0.3, -0.25) is 0 Å². The summed E-state index contributed by atoms with van der Waals surface area (Å²) in [7, 11) is 0. The topological polar surface area (TPSA) is 29.3 Å². The molecule has 0 radical (unpaired) electrons. The second-order valence-corrected chi connectivity index (χ2v) is 6.18. The predicted octanol–water partition coefficient (Wildman–Crippen LogP) is 3.80. The Hall–Kier alpha value is -1.39. The second kappa shape index (κ2) is 6.17. The van der Waals surface area contributed by atoms with Crippen LogP contribution in [-0.4, -0.2) is 11.0 Å². The highest BCUT2D eigenvalue weighted by Crippen LogP contribution is 2.22. The third-order valence-corrected chi connectivity index (χ3v) is 4.11. The summed E-state index contributed by atoms with van der Waals surface area (Å²) in [6.07, 6.45) is 0. The molecule has 0 aliphatic rings. The van der Waals surface area contributed by atoms with Crippen molar-refractivity contribution in [2.45, 2.75) is 26.4 Å². The first-order valence-corrected chi connectivity index (χ1v) is 7.55. The first-order chi connectivity index (χ1) is 9.08. The summed E-state index contributed by atoms with van der Waals surface area (Å²) in [5.74, 6) is 0. The van der Waals surface area contributed by atoms with E-state index in [-0.39, 0.29) is 0 Å². The fourth-order valence-corrected chi connectivity index (χ4v) is 2.80. The number of rotatable bonds is 5. The Kier molecular flexibility index (Phi) is 4.56. The molecule has 0 aliphatic heterocycles. The Bertz CT molecular complexity index is 530. The molecule has 0 saturated carbocycles. The molecule has 1 aromatic heterocycles. The van der Waals surface area contributed by atoms with E-state index in [4.69, 9.17) is 18.0 Å². The maximum atomic E-state index is 5.63. The highest BCUT2D eigenvalue weighted by molar-refractivity contribution is 7.80. The lowest BCUT2D eigenvalue weighted by atomic mass is 10.1. The molecule has 0 atom stereocenters. The smallest absolute Gasteiger partial charge is 0.103 e. The predicted molar refractivity (Wildman–Crippen MR) is 88.0 cm³/mol. The molecule has 2 rings (SSSR count). The molecule has 0 spiro atoms. The molecule has 100 valence electrons. The van der Waals surface area contributed by atoms with Gasteiger partial charge < -0.3 is 10.6 Å². The van der Waals surface area contributed by atoms with E-state index in [1.807, 2.05) is 12.1 Å². The minimum Gasteiger partial charge on any atom is -0.389 e. The van der Waals surface area contributed by atoms with Gasteiger partial charge in [0.05, 0.1) is 6.54 Å². The van der Waals surface area contributed by atoms with Crippen molar-refractivity contribution in [1.82, 2.24) is 0 Å². The fraction of sp³-hybridized carbons (Fsp3) is 0.267. The quantitative estimate of drug-likeness (QED) is 0.849. The molecular weight excluding hydrogens is 272 g/mol. The average molecular weight is 290 g/mol.